The molecular formula is C14H17N7O3S. The fourth-order valence-electron chi connectivity index (χ4n) is 2.83. The van der Waals surface area contributed by atoms with Crippen molar-refractivity contribution in [2.45, 2.75) is 6.61 Å². The molecule has 3 N–H and O–H groups in total. The van der Waals surface area contributed by atoms with Crippen molar-refractivity contribution in [2.24, 2.45) is 0 Å². The van der Waals surface area contributed by atoms with Crippen LogP contribution < -0.4 is 15.5 Å². The summed E-state index contributed by atoms with van der Waals surface area (Å²) in [6.45, 7) is 2.60. The lowest BCUT2D eigenvalue weighted by molar-refractivity contribution is 0.122. The predicted octanol–water partition coefficient (Wildman–Crippen LogP) is 1.19. The molecule has 1 aliphatic rings. The van der Waals surface area contributed by atoms with E-state index in [9.17, 15) is 5.11 Å². The van der Waals surface area contributed by atoms with Crippen LogP contribution in [0.3, 0.4) is 0 Å². The summed E-state index contributed by atoms with van der Waals surface area (Å²) in [5, 5.41) is 33.5. The third-order valence-electron chi connectivity index (χ3n) is 3.97. The molecule has 1 saturated heterocycles. The number of rotatable bonds is 5. The van der Waals surface area contributed by atoms with Crippen molar-refractivity contribution in [3.63, 3.8) is 0 Å². The molecule has 4 rings (SSSR count). The fraction of sp³-hybridized carbons (Fsp3) is 0.429. The second-order valence-corrected chi connectivity index (χ2v) is 6.42. The van der Waals surface area contributed by atoms with Crippen LogP contribution in [-0.2, 0) is 11.3 Å². The number of anilines is 4. The second-order valence-electron chi connectivity index (χ2n) is 5.44. The van der Waals surface area contributed by atoms with Crippen molar-refractivity contribution in [2.75, 3.05) is 48.9 Å². The highest BCUT2D eigenvalue weighted by atomic mass is 32.1. The maximum atomic E-state index is 9.88. The topological polar surface area (TPSA) is 121 Å². The molecule has 25 heavy (non-hydrogen) atoms. The van der Waals surface area contributed by atoms with Crippen molar-refractivity contribution in [3.8, 4) is 0 Å². The number of nitrogens with zero attached hydrogens (tertiary/aromatic N) is 5. The van der Waals surface area contributed by atoms with Crippen molar-refractivity contribution in [1.29, 1.82) is 0 Å². The summed E-state index contributed by atoms with van der Waals surface area (Å²) in [5.74, 6) is 0. The van der Waals surface area contributed by atoms with E-state index in [0.29, 0.717) is 40.2 Å². The molecule has 0 saturated carbocycles. The Hall–Kier alpha value is -2.50. The second kappa shape index (κ2) is 6.78. The molecule has 0 bridgehead atoms. The lowest BCUT2D eigenvalue weighted by Gasteiger charge is -2.30. The molecule has 0 spiro atoms. The summed E-state index contributed by atoms with van der Waals surface area (Å²) in [4.78, 5) is 2.13. The van der Waals surface area contributed by atoms with E-state index in [-0.39, 0.29) is 6.61 Å². The number of fused-ring (bicyclic) bond motifs is 1. The summed E-state index contributed by atoms with van der Waals surface area (Å²) in [7, 11) is 1.78. The van der Waals surface area contributed by atoms with E-state index in [1.807, 2.05) is 6.07 Å². The van der Waals surface area contributed by atoms with Crippen LogP contribution in [0.15, 0.2) is 10.7 Å². The number of hydrogen-bond acceptors (Lipinski definition) is 11. The normalized spacial score (nSPS) is 14.9. The Balaban J connectivity index is 1.77. The van der Waals surface area contributed by atoms with Crippen LogP contribution in [0.1, 0.15) is 5.56 Å². The largest absolute Gasteiger partial charge is 0.392 e. The van der Waals surface area contributed by atoms with Crippen molar-refractivity contribution < 1.29 is 14.5 Å². The van der Waals surface area contributed by atoms with Gasteiger partial charge in [0.2, 0.25) is 10.3 Å². The molecule has 2 aromatic heterocycles. The smallest absolute Gasteiger partial charge is 0.211 e. The highest BCUT2D eigenvalue weighted by molar-refractivity contribution is 7.19. The Morgan fingerprint density at radius 3 is 2.68 bits per heavy atom. The van der Waals surface area contributed by atoms with Gasteiger partial charge >= 0.3 is 0 Å². The van der Waals surface area contributed by atoms with Gasteiger partial charge in [0.1, 0.15) is 0 Å². The van der Waals surface area contributed by atoms with Gasteiger partial charge in [0.15, 0.2) is 11.0 Å². The van der Waals surface area contributed by atoms with E-state index in [0.717, 1.165) is 24.3 Å². The van der Waals surface area contributed by atoms with E-state index >= 15 is 0 Å². The zero-order valence-electron chi connectivity index (χ0n) is 13.5. The molecule has 11 heteroatoms. The van der Waals surface area contributed by atoms with Gasteiger partial charge in [0, 0.05) is 25.7 Å². The van der Waals surface area contributed by atoms with Crippen molar-refractivity contribution in [3.05, 3.63) is 11.6 Å². The molecule has 132 valence electrons. The minimum absolute atomic E-state index is 0.123. The molecule has 1 fully saturated rings. The summed E-state index contributed by atoms with van der Waals surface area (Å²) in [6.07, 6.45) is 0. The molecular weight excluding hydrogens is 346 g/mol. The predicted molar refractivity (Wildman–Crippen MR) is 93.5 cm³/mol. The Kier molecular flexibility index (Phi) is 4.34. The Morgan fingerprint density at radius 2 is 1.96 bits per heavy atom. The van der Waals surface area contributed by atoms with Gasteiger partial charge in [-0.15, -0.1) is 10.2 Å². The molecule has 0 atom stereocenters. The average Bonchev–Trinajstić information content (AvgIpc) is 3.31. The van der Waals surface area contributed by atoms with Gasteiger partial charge in [0.05, 0.1) is 31.2 Å². The van der Waals surface area contributed by atoms with Crippen LogP contribution in [0.25, 0.3) is 11.0 Å². The first-order valence-electron chi connectivity index (χ1n) is 7.80. The maximum Gasteiger partial charge on any atom is 0.211 e. The number of aromatic nitrogens is 4. The van der Waals surface area contributed by atoms with Gasteiger partial charge in [-0.25, -0.2) is 4.63 Å². The molecule has 1 aliphatic heterocycles. The van der Waals surface area contributed by atoms with Crippen LogP contribution in [0.4, 0.5) is 21.6 Å². The van der Waals surface area contributed by atoms with Crippen molar-refractivity contribution >= 4 is 44.0 Å². The number of ether oxygens (including phenoxy) is 1. The van der Waals surface area contributed by atoms with Gasteiger partial charge < -0.3 is 25.4 Å². The molecule has 0 radical (unpaired) electrons. The van der Waals surface area contributed by atoms with Gasteiger partial charge in [-0.2, -0.15) is 0 Å². The van der Waals surface area contributed by atoms with Gasteiger partial charge in [-0.1, -0.05) is 11.3 Å². The van der Waals surface area contributed by atoms with Crippen molar-refractivity contribution in [1.82, 2.24) is 20.5 Å². The van der Waals surface area contributed by atoms with Crippen LogP contribution in [0.5, 0.6) is 0 Å². The van der Waals surface area contributed by atoms with E-state index in [1.54, 1.807) is 7.05 Å². The van der Waals surface area contributed by atoms with Gasteiger partial charge in [-0.3, -0.25) is 0 Å². The summed E-state index contributed by atoms with van der Waals surface area (Å²) in [6, 6.07) is 1.85. The van der Waals surface area contributed by atoms with E-state index in [1.165, 1.54) is 11.3 Å². The SMILES string of the molecule is CNc1nnc(Nc2cc(CO)c(N3CCOCC3)c3nonc23)s1. The summed E-state index contributed by atoms with van der Waals surface area (Å²) in [5.41, 5.74) is 3.43. The van der Waals surface area contributed by atoms with Crippen LogP contribution in [0, 0.1) is 0 Å². The Morgan fingerprint density at radius 1 is 1.20 bits per heavy atom. The molecule has 3 heterocycles. The van der Waals surface area contributed by atoms with Gasteiger partial charge in [-0.05, 0) is 16.4 Å². The van der Waals surface area contributed by atoms with Crippen LogP contribution >= 0.6 is 11.3 Å². The third-order valence-corrected chi connectivity index (χ3v) is 4.82. The van der Waals surface area contributed by atoms with E-state index < -0.39 is 0 Å². The molecule has 10 nitrogen and oxygen atoms in total. The summed E-state index contributed by atoms with van der Waals surface area (Å²) < 4.78 is 10.4. The highest BCUT2D eigenvalue weighted by Gasteiger charge is 2.23. The first kappa shape index (κ1) is 16.0. The number of morpholine rings is 1. The first-order valence-corrected chi connectivity index (χ1v) is 8.61. The molecule has 0 unspecified atom stereocenters. The quantitative estimate of drug-likeness (QED) is 0.609. The van der Waals surface area contributed by atoms with Gasteiger partial charge in [0.25, 0.3) is 0 Å². The summed E-state index contributed by atoms with van der Waals surface area (Å²) >= 11 is 1.37. The third kappa shape index (κ3) is 2.97. The maximum absolute atomic E-state index is 9.88. The Bertz CT molecular complexity index is 875. The number of benzene rings is 1. The number of aliphatic hydroxyl groups is 1. The molecule has 0 aliphatic carbocycles. The first-order chi connectivity index (χ1) is 12.3. The number of nitrogens with one attached hydrogen (secondary N) is 2. The molecule has 1 aromatic carbocycles. The minimum atomic E-state index is -0.123. The standard InChI is InChI=1S/C14H17N7O3S/c1-15-13-17-18-14(25-13)16-9-6-8(7-22)12(11-10(9)19-24-20-11)21-2-4-23-5-3-21/h6,22H,2-5,7H2,1H3,(H,15,17)(H,16,18). The molecule has 3 aromatic rings. The number of hydrogen-bond donors (Lipinski definition) is 3. The monoisotopic (exact) mass is 363 g/mol. The average molecular weight is 363 g/mol. The zero-order valence-corrected chi connectivity index (χ0v) is 14.3. The lowest BCUT2D eigenvalue weighted by atomic mass is 10.1. The van der Waals surface area contributed by atoms with Crippen LogP contribution in [0.2, 0.25) is 0 Å². The highest BCUT2D eigenvalue weighted by Crippen LogP contribution is 2.36. The fourth-order valence-corrected chi connectivity index (χ4v) is 3.44. The zero-order chi connectivity index (χ0) is 17.2. The van der Waals surface area contributed by atoms with Crippen LogP contribution in [-0.4, -0.2) is 59.0 Å². The molecule has 0 amide bonds. The van der Waals surface area contributed by atoms with E-state index in [4.69, 9.17) is 9.37 Å². The van der Waals surface area contributed by atoms with E-state index in [2.05, 4.69) is 36.0 Å². The minimum Gasteiger partial charge on any atom is -0.392 e. The lowest BCUT2D eigenvalue weighted by Crippen LogP contribution is -2.37. The number of aliphatic hydroxyl groups excluding tert-OH is 1. The Labute approximate surface area is 146 Å².